The molecule has 2 unspecified atom stereocenters. The first kappa shape index (κ1) is 13.9. The van der Waals surface area contributed by atoms with Crippen molar-refractivity contribution in [2.45, 2.75) is 18.6 Å². The lowest BCUT2D eigenvalue weighted by atomic mass is 10.2. The van der Waals surface area contributed by atoms with Crippen molar-refractivity contribution in [3.63, 3.8) is 0 Å². The number of nitrogens with one attached hydrogen (secondary N) is 1. The fourth-order valence-electron chi connectivity index (χ4n) is 2.06. The number of anilines is 1. The first-order chi connectivity index (χ1) is 9.10. The van der Waals surface area contributed by atoms with Crippen molar-refractivity contribution in [3.05, 3.63) is 11.6 Å². The lowest BCUT2D eigenvalue weighted by Crippen LogP contribution is -2.41. The Kier molecular flexibility index (Phi) is 4.46. The number of hydrogen-bond acceptors (Lipinski definition) is 7. The predicted octanol–water partition coefficient (Wildman–Crippen LogP) is -0.310. The summed E-state index contributed by atoms with van der Waals surface area (Å²) in [6.45, 7) is 0.307. The zero-order valence-electron chi connectivity index (χ0n) is 10.4. The molecule has 8 heteroatoms. The van der Waals surface area contributed by atoms with Crippen LogP contribution >= 0.6 is 11.3 Å². The van der Waals surface area contributed by atoms with Crippen LogP contribution in [0.25, 0.3) is 0 Å². The van der Waals surface area contributed by atoms with Gasteiger partial charge in [-0.1, -0.05) is 0 Å². The summed E-state index contributed by atoms with van der Waals surface area (Å²) in [5, 5.41) is 14.5. The normalized spacial score (nSPS) is 23.3. The first-order valence-corrected chi connectivity index (χ1v) is 6.67. The molecule has 1 aliphatic heterocycles. The molecule has 0 spiro atoms. The number of aromatic nitrogens is 1. The third-order valence-electron chi connectivity index (χ3n) is 2.88. The van der Waals surface area contributed by atoms with Gasteiger partial charge < -0.3 is 15.2 Å². The number of hydrogen-bond donors (Lipinski definition) is 2. The lowest BCUT2D eigenvalue weighted by molar-refractivity contribution is -0.146. The summed E-state index contributed by atoms with van der Waals surface area (Å²) >= 11 is 1.32. The number of aliphatic hydroxyl groups excluding tert-OH is 1. The molecule has 2 rings (SSSR count). The number of carbonyl (C=O) groups excluding carboxylic acids is 2. The minimum Gasteiger partial charge on any atom is -0.468 e. The van der Waals surface area contributed by atoms with Gasteiger partial charge in [0, 0.05) is 24.5 Å². The standard InChI is InChI=1S/C11H15N3O4S/c1-18-10(17)8-4-7(15)5-14(8)6-9(16)13-11-12-2-3-19-11/h2-3,7-8,15H,4-6H2,1H3,(H,12,13,16). The fourth-order valence-corrected chi connectivity index (χ4v) is 2.61. The molecule has 0 radical (unpaired) electrons. The van der Waals surface area contributed by atoms with Crippen molar-refractivity contribution in [3.8, 4) is 0 Å². The molecular formula is C11H15N3O4S. The van der Waals surface area contributed by atoms with E-state index in [0.717, 1.165) is 0 Å². The maximum absolute atomic E-state index is 11.8. The van der Waals surface area contributed by atoms with Crippen LogP contribution in [0.15, 0.2) is 11.6 Å². The second kappa shape index (κ2) is 6.09. The first-order valence-electron chi connectivity index (χ1n) is 5.79. The third-order valence-corrected chi connectivity index (χ3v) is 3.57. The largest absolute Gasteiger partial charge is 0.468 e. The number of β-amino-alcohol motifs (C(OH)–C–C–N with tert-alkyl or cyclic N) is 1. The summed E-state index contributed by atoms with van der Waals surface area (Å²) in [6.07, 6.45) is 1.27. The van der Waals surface area contributed by atoms with E-state index in [1.165, 1.54) is 18.4 Å². The van der Waals surface area contributed by atoms with Crippen LogP contribution in [0, 0.1) is 0 Å². The van der Waals surface area contributed by atoms with Crippen molar-refractivity contribution < 1.29 is 19.4 Å². The number of carbonyl (C=O) groups is 2. The van der Waals surface area contributed by atoms with E-state index < -0.39 is 18.1 Å². The summed E-state index contributed by atoms with van der Waals surface area (Å²) in [5.74, 6) is -0.698. The molecular weight excluding hydrogens is 270 g/mol. The van der Waals surface area contributed by atoms with Gasteiger partial charge in [0.2, 0.25) is 5.91 Å². The summed E-state index contributed by atoms with van der Waals surface area (Å²) in [5.41, 5.74) is 0. The van der Waals surface area contributed by atoms with Gasteiger partial charge in [-0.05, 0) is 0 Å². The van der Waals surface area contributed by atoms with E-state index >= 15 is 0 Å². The van der Waals surface area contributed by atoms with Crippen LogP contribution in [0.4, 0.5) is 5.13 Å². The highest BCUT2D eigenvalue weighted by molar-refractivity contribution is 7.13. The average Bonchev–Trinajstić information content (AvgIpc) is 2.98. The predicted molar refractivity (Wildman–Crippen MR) is 68.7 cm³/mol. The van der Waals surface area contributed by atoms with Crippen molar-refractivity contribution in [1.82, 2.24) is 9.88 Å². The molecule has 0 bridgehead atoms. The second-order valence-corrected chi connectivity index (χ2v) is 5.14. The Morgan fingerprint density at radius 3 is 3.11 bits per heavy atom. The van der Waals surface area contributed by atoms with Gasteiger partial charge in [-0.2, -0.15) is 0 Å². The number of esters is 1. The third kappa shape index (κ3) is 3.49. The monoisotopic (exact) mass is 285 g/mol. The van der Waals surface area contributed by atoms with Gasteiger partial charge >= 0.3 is 5.97 Å². The van der Waals surface area contributed by atoms with E-state index in [1.807, 2.05) is 0 Å². The molecule has 1 amide bonds. The SMILES string of the molecule is COC(=O)C1CC(O)CN1CC(=O)Nc1nccs1. The van der Waals surface area contributed by atoms with Gasteiger partial charge in [-0.3, -0.25) is 14.5 Å². The number of ether oxygens (including phenoxy) is 1. The highest BCUT2D eigenvalue weighted by Crippen LogP contribution is 2.19. The lowest BCUT2D eigenvalue weighted by Gasteiger charge is -2.20. The van der Waals surface area contributed by atoms with Crippen LogP contribution in [0.2, 0.25) is 0 Å². The minimum atomic E-state index is -0.614. The highest BCUT2D eigenvalue weighted by Gasteiger charge is 2.37. The maximum Gasteiger partial charge on any atom is 0.323 e. The number of amides is 1. The highest BCUT2D eigenvalue weighted by atomic mass is 32.1. The quantitative estimate of drug-likeness (QED) is 0.737. The number of nitrogens with zero attached hydrogens (tertiary/aromatic N) is 2. The Hall–Kier alpha value is -1.51. The topological polar surface area (TPSA) is 91.8 Å². The van der Waals surface area contributed by atoms with E-state index in [2.05, 4.69) is 15.0 Å². The van der Waals surface area contributed by atoms with Gasteiger partial charge in [0.25, 0.3) is 0 Å². The zero-order chi connectivity index (χ0) is 13.8. The Morgan fingerprint density at radius 1 is 1.68 bits per heavy atom. The van der Waals surface area contributed by atoms with E-state index in [4.69, 9.17) is 0 Å². The number of rotatable bonds is 4. The average molecular weight is 285 g/mol. The molecule has 2 N–H and O–H groups in total. The van der Waals surface area contributed by atoms with Crippen LogP contribution in [0.1, 0.15) is 6.42 Å². The molecule has 0 saturated carbocycles. The van der Waals surface area contributed by atoms with E-state index in [1.54, 1.807) is 16.5 Å². The van der Waals surface area contributed by atoms with Gasteiger partial charge in [0.15, 0.2) is 5.13 Å². The molecule has 2 heterocycles. The van der Waals surface area contributed by atoms with E-state index in [-0.39, 0.29) is 25.4 Å². The number of aliphatic hydroxyl groups is 1. The van der Waals surface area contributed by atoms with Gasteiger partial charge in [-0.15, -0.1) is 11.3 Å². The number of likely N-dealkylation sites (tertiary alicyclic amines) is 1. The van der Waals surface area contributed by atoms with E-state index in [0.29, 0.717) is 5.13 Å². The molecule has 19 heavy (non-hydrogen) atoms. The number of thiazole rings is 1. The smallest absolute Gasteiger partial charge is 0.323 e. The Balaban J connectivity index is 1.93. The molecule has 1 aromatic heterocycles. The summed E-state index contributed by atoms with van der Waals surface area (Å²) in [7, 11) is 1.29. The second-order valence-electron chi connectivity index (χ2n) is 4.24. The Bertz CT molecular complexity index is 451. The molecule has 1 aromatic rings. The van der Waals surface area contributed by atoms with Crippen molar-refractivity contribution in [2.24, 2.45) is 0 Å². The molecule has 104 valence electrons. The van der Waals surface area contributed by atoms with Crippen molar-refractivity contribution in [1.29, 1.82) is 0 Å². The van der Waals surface area contributed by atoms with Crippen LogP contribution in [-0.2, 0) is 14.3 Å². The molecule has 1 fully saturated rings. The van der Waals surface area contributed by atoms with Crippen LogP contribution in [0.5, 0.6) is 0 Å². The van der Waals surface area contributed by atoms with Crippen LogP contribution < -0.4 is 5.32 Å². The zero-order valence-corrected chi connectivity index (χ0v) is 11.2. The minimum absolute atomic E-state index is 0.0242. The van der Waals surface area contributed by atoms with E-state index in [9.17, 15) is 14.7 Å². The van der Waals surface area contributed by atoms with Gasteiger partial charge in [0.1, 0.15) is 6.04 Å². The molecule has 0 aliphatic carbocycles. The van der Waals surface area contributed by atoms with Gasteiger partial charge in [-0.25, -0.2) is 4.98 Å². The molecule has 1 saturated heterocycles. The van der Waals surface area contributed by atoms with Gasteiger partial charge in [0.05, 0.1) is 19.8 Å². The van der Waals surface area contributed by atoms with Crippen molar-refractivity contribution >= 4 is 28.3 Å². The molecule has 1 aliphatic rings. The molecule has 0 aromatic carbocycles. The molecule has 2 atom stereocenters. The maximum atomic E-state index is 11.8. The summed E-state index contributed by atoms with van der Waals surface area (Å²) < 4.78 is 4.67. The molecule has 7 nitrogen and oxygen atoms in total. The van der Waals surface area contributed by atoms with Crippen molar-refractivity contribution in [2.75, 3.05) is 25.5 Å². The fraction of sp³-hybridized carbons (Fsp3) is 0.545. The number of methoxy groups -OCH3 is 1. The van der Waals surface area contributed by atoms with Crippen LogP contribution in [-0.4, -0.2) is 59.2 Å². The Morgan fingerprint density at radius 2 is 2.47 bits per heavy atom. The summed E-state index contributed by atoms with van der Waals surface area (Å²) in [4.78, 5) is 28.9. The summed E-state index contributed by atoms with van der Waals surface area (Å²) in [6, 6.07) is -0.568. The Labute approximate surface area is 114 Å². The van der Waals surface area contributed by atoms with Crippen LogP contribution in [0.3, 0.4) is 0 Å².